The summed E-state index contributed by atoms with van der Waals surface area (Å²) in [4.78, 5) is 4.32. The molecule has 0 aromatic carbocycles. The van der Waals surface area contributed by atoms with Crippen LogP contribution in [0.25, 0.3) is 0 Å². The van der Waals surface area contributed by atoms with Crippen LogP contribution >= 0.6 is 0 Å². The number of sulfone groups is 1. The Hall–Kier alpha value is -0.900. The standard InChI is InChI=1S/C7H7NO2S/c9-11(10)4-2-6-5-8-3-1-7(6)11/h1,3,5H,2,4H2. The summed E-state index contributed by atoms with van der Waals surface area (Å²) in [5.41, 5.74) is 0.854. The van der Waals surface area contributed by atoms with Gasteiger partial charge in [0.25, 0.3) is 0 Å². The molecular formula is C7H7NO2S. The molecule has 0 bridgehead atoms. The maximum Gasteiger partial charge on any atom is 0.179 e. The third kappa shape index (κ3) is 0.939. The average Bonchev–Trinajstić information content (AvgIpc) is 2.29. The van der Waals surface area contributed by atoms with Crippen molar-refractivity contribution in [1.82, 2.24) is 4.98 Å². The fraction of sp³-hybridized carbons (Fsp3) is 0.286. The molecule has 11 heavy (non-hydrogen) atoms. The third-order valence-electron chi connectivity index (χ3n) is 1.83. The van der Waals surface area contributed by atoms with E-state index in [9.17, 15) is 8.42 Å². The fourth-order valence-electron chi connectivity index (χ4n) is 1.26. The van der Waals surface area contributed by atoms with E-state index in [1.165, 1.54) is 6.20 Å². The first-order chi connectivity index (χ1) is 5.20. The van der Waals surface area contributed by atoms with Gasteiger partial charge in [0, 0.05) is 12.4 Å². The van der Waals surface area contributed by atoms with E-state index in [1.54, 1.807) is 12.3 Å². The number of hydrogen-bond donors (Lipinski definition) is 0. The Morgan fingerprint density at radius 2 is 2.27 bits per heavy atom. The second-order valence-corrected chi connectivity index (χ2v) is 4.63. The Morgan fingerprint density at radius 1 is 1.45 bits per heavy atom. The Kier molecular flexibility index (Phi) is 1.26. The monoisotopic (exact) mass is 169 g/mol. The van der Waals surface area contributed by atoms with Gasteiger partial charge in [0.2, 0.25) is 0 Å². The lowest BCUT2D eigenvalue weighted by atomic mass is 10.2. The van der Waals surface area contributed by atoms with Gasteiger partial charge in [-0.05, 0) is 18.1 Å². The Morgan fingerprint density at radius 3 is 3.00 bits per heavy atom. The van der Waals surface area contributed by atoms with Crippen molar-refractivity contribution in [2.75, 3.05) is 5.75 Å². The summed E-state index contributed by atoms with van der Waals surface area (Å²) in [6, 6.07) is 1.57. The minimum atomic E-state index is -2.95. The zero-order valence-corrected chi connectivity index (χ0v) is 6.63. The van der Waals surface area contributed by atoms with Crippen LogP contribution in [0.15, 0.2) is 23.4 Å². The largest absolute Gasteiger partial charge is 0.264 e. The molecule has 0 fully saturated rings. The smallest absolute Gasteiger partial charge is 0.179 e. The van der Waals surface area contributed by atoms with Crippen molar-refractivity contribution in [1.29, 1.82) is 0 Å². The molecule has 0 spiro atoms. The number of aryl methyl sites for hydroxylation is 1. The highest BCUT2D eigenvalue weighted by Crippen LogP contribution is 2.23. The van der Waals surface area contributed by atoms with Crippen LogP contribution in [0.3, 0.4) is 0 Å². The summed E-state index contributed by atoms with van der Waals surface area (Å²) in [5.74, 6) is 0.244. The summed E-state index contributed by atoms with van der Waals surface area (Å²) >= 11 is 0. The Bertz CT molecular complexity index is 383. The van der Waals surface area contributed by atoms with Crippen LogP contribution in [0.1, 0.15) is 5.56 Å². The van der Waals surface area contributed by atoms with Gasteiger partial charge in [-0.25, -0.2) is 8.42 Å². The minimum Gasteiger partial charge on any atom is -0.264 e. The van der Waals surface area contributed by atoms with Gasteiger partial charge in [-0.3, -0.25) is 4.98 Å². The van der Waals surface area contributed by atoms with Gasteiger partial charge in [0.05, 0.1) is 10.6 Å². The topological polar surface area (TPSA) is 47.0 Å². The highest BCUT2D eigenvalue weighted by Gasteiger charge is 2.25. The van der Waals surface area contributed by atoms with E-state index in [2.05, 4.69) is 4.98 Å². The minimum absolute atomic E-state index is 0.244. The summed E-state index contributed by atoms with van der Waals surface area (Å²) in [6.45, 7) is 0. The lowest BCUT2D eigenvalue weighted by Crippen LogP contribution is -1.98. The molecule has 0 atom stereocenters. The molecule has 0 saturated heterocycles. The SMILES string of the molecule is O=S1(=O)CCc2cnccc21. The molecule has 3 nitrogen and oxygen atoms in total. The zero-order chi connectivity index (χ0) is 7.90. The number of pyridine rings is 1. The zero-order valence-electron chi connectivity index (χ0n) is 5.82. The summed E-state index contributed by atoms with van der Waals surface area (Å²) in [5, 5.41) is 0. The van der Waals surface area contributed by atoms with Crippen LogP contribution in [-0.2, 0) is 16.3 Å². The first-order valence-corrected chi connectivity index (χ1v) is 5.01. The Labute approximate surface area is 65.0 Å². The molecule has 0 saturated carbocycles. The summed E-state index contributed by atoms with van der Waals surface area (Å²) in [6.07, 6.45) is 3.76. The van der Waals surface area contributed by atoms with Gasteiger partial charge in [-0.15, -0.1) is 0 Å². The summed E-state index contributed by atoms with van der Waals surface area (Å²) in [7, 11) is -2.95. The lowest BCUT2D eigenvalue weighted by molar-refractivity contribution is 0.600. The molecule has 0 N–H and O–H groups in total. The fourth-order valence-corrected chi connectivity index (χ4v) is 2.79. The number of nitrogens with zero attached hydrogens (tertiary/aromatic N) is 1. The van der Waals surface area contributed by atoms with Gasteiger partial charge in [0.1, 0.15) is 0 Å². The average molecular weight is 169 g/mol. The van der Waals surface area contributed by atoms with Gasteiger partial charge in [-0.1, -0.05) is 0 Å². The number of rotatable bonds is 0. The van der Waals surface area contributed by atoms with Crippen molar-refractivity contribution in [3.63, 3.8) is 0 Å². The molecule has 0 amide bonds. The van der Waals surface area contributed by atoms with E-state index in [0.717, 1.165) is 5.56 Å². The molecule has 1 aromatic heterocycles. The molecule has 1 aliphatic heterocycles. The van der Waals surface area contributed by atoms with Crippen LogP contribution < -0.4 is 0 Å². The van der Waals surface area contributed by atoms with Crippen molar-refractivity contribution in [2.45, 2.75) is 11.3 Å². The van der Waals surface area contributed by atoms with Crippen molar-refractivity contribution < 1.29 is 8.42 Å². The molecular weight excluding hydrogens is 162 g/mol. The number of hydrogen-bond acceptors (Lipinski definition) is 3. The normalized spacial score (nSPS) is 19.6. The van der Waals surface area contributed by atoms with Gasteiger partial charge in [-0.2, -0.15) is 0 Å². The number of aromatic nitrogens is 1. The summed E-state index contributed by atoms with van der Waals surface area (Å²) < 4.78 is 22.5. The van der Waals surface area contributed by atoms with E-state index in [0.29, 0.717) is 11.3 Å². The lowest BCUT2D eigenvalue weighted by Gasteiger charge is -1.93. The van der Waals surface area contributed by atoms with Crippen LogP contribution in [0.2, 0.25) is 0 Å². The van der Waals surface area contributed by atoms with Gasteiger partial charge >= 0.3 is 0 Å². The van der Waals surface area contributed by atoms with E-state index in [4.69, 9.17) is 0 Å². The van der Waals surface area contributed by atoms with E-state index in [1.807, 2.05) is 0 Å². The van der Waals surface area contributed by atoms with Crippen molar-refractivity contribution in [3.05, 3.63) is 24.0 Å². The molecule has 0 radical (unpaired) electrons. The second-order valence-electron chi connectivity index (χ2n) is 2.55. The van der Waals surface area contributed by atoms with Crippen LogP contribution in [0.5, 0.6) is 0 Å². The van der Waals surface area contributed by atoms with Crippen molar-refractivity contribution >= 4 is 9.84 Å². The van der Waals surface area contributed by atoms with E-state index in [-0.39, 0.29) is 5.75 Å². The van der Waals surface area contributed by atoms with Crippen molar-refractivity contribution in [2.24, 2.45) is 0 Å². The van der Waals surface area contributed by atoms with Gasteiger partial charge in [0.15, 0.2) is 9.84 Å². The van der Waals surface area contributed by atoms with Crippen LogP contribution in [0.4, 0.5) is 0 Å². The van der Waals surface area contributed by atoms with Crippen molar-refractivity contribution in [3.8, 4) is 0 Å². The van der Waals surface area contributed by atoms with Gasteiger partial charge < -0.3 is 0 Å². The molecule has 2 rings (SSSR count). The highest BCUT2D eigenvalue weighted by atomic mass is 32.2. The molecule has 0 aliphatic carbocycles. The first-order valence-electron chi connectivity index (χ1n) is 3.36. The highest BCUT2D eigenvalue weighted by molar-refractivity contribution is 7.91. The maximum absolute atomic E-state index is 11.2. The molecule has 0 unspecified atom stereocenters. The molecule has 1 aromatic rings. The van der Waals surface area contributed by atoms with Crippen LogP contribution in [-0.4, -0.2) is 19.2 Å². The third-order valence-corrected chi connectivity index (χ3v) is 3.64. The second kappa shape index (κ2) is 2.04. The van der Waals surface area contributed by atoms with Crippen LogP contribution in [0, 0.1) is 0 Å². The predicted octanol–water partition coefficient (Wildman–Crippen LogP) is 0.411. The predicted molar refractivity (Wildman–Crippen MR) is 40.0 cm³/mol. The quantitative estimate of drug-likeness (QED) is 0.565. The molecule has 2 heterocycles. The van der Waals surface area contributed by atoms with E-state index >= 15 is 0 Å². The number of fused-ring (bicyclic) bond motifs is 1. The van der Waals surface area contributed by atoms with E-state index < -0.39 is 9.84 Å². The molecule has 1 aliphatic rings. The maximum atomic E-state index is 11.2. The molecule has 4 heteroatoms. The first kappa shape index (κ1) is 6.79. The molecule has 58 valence electrons. The Balaban J connectivity index is 2.75.